The zero-order valence-electron chi connectivity index (χ0n) is 18.3. The topological polar surface area (TPSA) is 60.9 Å². The number of hydrogen-bond acceptors (Lipinski definition) is 5. The summed E-state index contributed by atoms with van der Waals surface area (Å²) in [6.45, 7) is 3.18. The van der Waals surface area contributed by atoms with Crippen molar-refractivity contribution >= 4 is 46.8 Å². The van der Waals surface area contributed by atoms with Gasteiger partial charge in [0.15, 0.2) is 0 Å². The molecular formula is C25H26ClN3O3S. The van der Waals surface area contributed by atoms with Gasteiger partial charge in [-0.1, -0.05) is 29.8 Å². The van der Waals surface area contributed by atoms with Crippen molar-refractivity contribution in [2.75, 3.05) is 42.6 Å². The van der Waals surface area contributed by atoms with Gasteiger partial charge >= 0.3 is 0 Å². The quantitative estimate of drug-likeness (QED) is 0.617. The van der Waals surface area contributed by atoms with E-state index in [1.807, 2.05) is 40.9 Å². The minimum Gasteiger partial charge on any atom is -0.370 e. The number of thioether (sulfide) groups is 1. The standard InChI is InChI=1S/C25H26ClN3O3S/c26-19-8-6-17(7-9-19)15-29-24(31)20-4-1-5-21(22(20)25(29)32)28-10-2-3-18(16-28)23(30)27-11-13-33-14-12-27/h1,4-9,18H,2-3,10-16H2. The first kappa shape index (κ1) is 22.3. The van der Waals surface area contributed by atoms with Crippen LogP contribution in [0.15, 0.2) is 42.5 Å². The fourth-order valence-electron chi connectivity index (χ4n) is 4.93. The van der Waals surface area contributed by atoms with Gasteiger partial charge in [0, 0.05) is 42.7 Å². The molecule has 2 saturated heterocycles. The van der Waals surface area contributed by atoms with Crippen LogP contribution in [0.1, 0.15) is 39.1 Å². The third kappa shape index (κ3) is 4.36. The minimum absolute atomic E-state index is 0.0740. The van der Waals surface area contributed by atoms with Gasteiger partial charge in [-0.3, -0.25) is 19.3 Å². The van der Waals surface area contributed by atoms with Crippen molar-refractivity contribution in [2.45, 2.75) is 19.4 Å². The summed E-state index contributed by atoms with van der Waals surface area (Å²) in [5.74, 6) is 1.59. The molecule has 3 heterocycles. The predicted molar refractivity (Wildman–Crippen MR) is 131 cm³/mol. The molecule has 0 N–H and O–H groups in total. The monoisotopic (exact) mass is 483 g/mol. The molecule has 0 aliphatic carbocycles. The Balaban J connectivity index is 1.37. The zero-order valence-corrected chi connectivity index (χ0v) is 19.9. The van der Waals surface area contributed by atoms with Crippen molar-refractivity contribution in [1.82, 2.24) is 9.80 Å². The van der Waals surface area contributed by atoms with E-state index in [9.17, 15) is 14.4 Å². The van der Waals surface area contributed by atoms with Gasteiger partial charge in [0.2, 0.25) is 5.91 Å². The van der Waals surface area contributed by atoms with Gasteiger partial charge in [-0.2, -0.15) is 11.8 Å². The van der Waals surface area contributed by atoms with Crippen LogP contribution in [0.2, 0.25) is 5.02 Å². The summed E-state index contributed by atoms with van der Waals surface area (Å²) in [7, 11) is 0. The number of anilines is 1. The molecular weight excluding hydrogens is 458 g/mol. The number of hydrogen-bond donors (Lipinski definition) is 0. The van der Waals surface area contributed by atoms with Crippen molar-refractivity contribution in [3.8, 4) is 0 Å². The molecule has 3 amide bonds. The molecule has 8 heteroatoms. The zero-order chi connectivity index (χ0) is 22.9. The van der Waals surface area contributed by atoms with E-state index in [-0.39, 0.29) is 30.2 Å². The Hall–Kier alpha value is -2.51. The lowest BCUT2D eigenvalue weighted by Crippen LogP contribution is -2.47. The summed E-state index contributed by atoms with van der Waals surface area (Å²) in [6, 6.07) is 12.6. The first-order valence-corrected chi connectivity index (χ1v) is 12.9. The number of halogens is 1. The van der Waals surface area contributed by atoms with Crippen molar-refractivity contribution < 1.29 is 14.4 Å². The van der Waals surface area contributed by atoms with Crippen molar-refractivity contribution in [3.63, 3.8) is 0 Å². The second kappa shape index (κ2) is 9.39. The van der Waals surface area contributed by atoms with E-state index in [0.717, 1.165) is 55.2 Å². The third-order valence-corrected chi connectivity index (χ3v) is 7.86. The Labute approximate surface area is 202 Å². The Morgan fingerprint density at radius 1 is 1.00 bits per heavy atom. The maximum Gasteiger partial charge on any atom is 0.263 e. The summed E-state index contributed by atoms with van der Waals surface area (Å²) in [4.78, 5) is 45.0. The molecule has 0 spiro atoms. The summed E-state index contributed by atoms with van der Waals surface area (Å²) >= 11 is 7.86. The second-order valence-corrected chi connectivity index (χ2v) is 10.4. The van der Waals surface area contributed by atoms with Gasteiger partial charge in [-0.25, -0.2) is 0 Å². The molecule has 3 aliphatic heterocycles. The molecule has 3 aliphatic rings. The average Bonchev–Trinajstić information content (AvgIpc) is 3.10. The number of benzene rings is 2. The van der Waals surface area contributed by atoms with E-state index in [1.54, 1.807) is 18.2 Å². The van der Waals surface area contributed by atoms with Crippen LogP contribution in [-0.2, 0) is 11.3 Å². The van der Waals surface area contributed by atoms with Crippen LogP contribution >= 0.6 is 23.4 Å². The highest BCUT2D eigenvalue weighted by atomic mass is 35.5. The van der Waals surface area contributed by atoms with Crippen LogP contribution in [0.4, 0.5) is 5.69 Å². The molecule has 172 valence electrons. The first-order chi connectivity index (χ1) is 16.0. The molecule has 33 heavy (non-hydrogen) atoms. The van der Waals surface area contributed by atoms with Crippen LogP contribution in [0, 0.1) is 5.92 Å². The van der Waals surface area contributed by atoms with E-state index in [0.29, 0.717) is 22.7 Å². The molecule has 1 atom stereocenters. The first-order valence-electron chi connectivity index (χ1n) is 11.4. The molecule has 0 radical (unpaired) electrons. The van der Waals surface area contributed by atoms with Crippen LogP contribution in [-0.4, -0.2) is 65.2 Å². The summed E-state index contributed by atoms with van der Waals surface area (Å²) in [5.41, 5.74) is 2.50. The van der Waals surface area contributed by atoms with Gasteiger partial charge in [0.1, 0.15) is 0 Å². The number of piperidine rings is 1. The van der Waals surface area contributed by atoms with Gasteiger partial charge in [-0.15, -0.1) is 0 Å². The lowest BCUT2D eigenvalue weighted by atomic mass is 9.94. The van der Waals surface area contributed by atoms with E-state index in [4.69, 9.17) is 11.6 Å². The van der Waals surface area contributed by atoms with Crippen LogP contribution in [0.25, 0.3) is 0 Å². The summed E-state index contributed by atoms with van der Waals surface area (Å²) < 4.78 is 0. The maximum absolute atomic E-state index is 13.4. The molecule has 2 fully saturated rings. The Morgan fingerprint density at radius 3 is 2.52 bits per heavy atom. The number of carbonyl (C=O) groups is 3. The number of rotatable bonds is 4. The van der Waals surface area contributed by atoms with E-state index >= 15 is 0 Å². The Bertz CT molecular complexity index is 1080. The maximum atomic E-state index is 13.4. The Morgan fingerprint density at radius 2 is 1.76 bits per heavy atom. The number of amides is 3. The fourth-order valence-corrected chi connectivity index (χ4v) is 5.96. The third-order valence-electron chi connectivity index (χ3n) is 6.67. The lowest BCUT2D eigenvalue weighted by Gasteiger charge is -2.37. The predicted octanol–water partition coefficient (Wildman–Crippen LogP) is 3.93. The van der Waals surface area contributed by atoms with Crippen LogP contribution in [0.3, 0.4) is 0 Å². The highest BCUT2D eigenvalue weighted by Crippen LogP contribution is 2.35. The number of nitrogens with zero attached hydrogens (tertiary/aromatic N) is 3. The summed E-state index contributed by atoms with van der Waals surface area (Å²) in [5, 5.41) is 0.612. The SMILES string of the molecule is O=C(C1CCCN(c2cccc3c2C(=O)N(Cc2ccc(Cl)cc2)C3=O)C1)N1CCSCC1. The van der Waals surface area contributed by atoms with Crippen molar-refractivity contribution in [1.29, 1.82) is 0 Å². The highest BCUT2D eigenvalue weighted by molar-refractivity contribution is 7.99. The minimum atomic E-state index is -0.276. The van der Waals surface area contributed by atoms with Gasteiger partial charge in [-0.05, 0) is 42.7 Å². The number of fused-ring (bicyclic) bond motifs is 1. The molecule has 5 rings (SSSR count). The number of imide groups is 1. The molecule has 0 saturated carbocycles. The fraction of sp³-hybridized carbons (Fsp3) is 0.400. The van der Waals surface area contributed by atoms with Crippen molar-refractivity contribution in [2.24, 2.45) is 5.92 Å². The Kier molecular flexibility index (Phi) is 6.34. The van der Waals surface area contributed by atoms with Gasteiger partial charge < -0.3 is 9.80 Å². The van der Waals surface area contributed by atoms with E-state index in [1.165, 1.54) is 4.90 Å². The molecule has 0 bridgehead atoms. The normalized spacial score (nSPS) is 20.9. The lowest BCUT2D eigenvalue weighted by molar-refractivity contribution is -0.135. The van der Waals surface area contributed by atoms with Crippen molar-refractivity contribution in [3.05, 3.63) is 64.2 Å². The highest BCUT2D eigenvalue weighted by Gasteiger charge is 2.39. The molecule has 1 unspecified atom stereocenters. The van der Waals surface area contributed by atoms with Crippen LogP contribution in [0.5, 0.6) is 0 Å². The number of carbonyl (C=O) groups excluding carboxylic acids is 3. The van der Waals surface area contributed by atoms with Gasteiger partial charge in [0.25, 0.3) is 11.8 Å². The van der Waals surface area contributed by atoms with E-state index in [2.05, 4.69) is 4.90 Å². The smallest absolute Gasteiger partial charge is 0.263 e. The van der Waals surface area contributed by atoms with E-state index < -0.39 is 0 Å². The largest absolute Gasteiger partial charge is 0.370 e. The molecule has 2 aromatic carbocycles. The molecule has 0 aromatic heterocycles. The molecule has 2 aromatic rings. The van der Waals surface area contributed by atoms with Gasteiger partial charge in [0.05, 0.1) is 29.3 Å². The summed E-state index contributed by atoms with van der Waals surface area (Å²) in [6.07, 6.45) is 1.75. The second-order valence-electron chi connectivity index (χ2n) is 8.75. The molecule has 6 nitrogen and oxygen atoms in total. The van der Waals surface area contributed by atoms with Crippen LogP contribution < -0.4 is 4.90 Å². The average molecular weight is 484 g/mol.